The van der Waals surface area contributed by atoms with Crippen LogP contribution >= 0.6 is 24.0 Å². The first-order chi connectivity index (χ1) is 11.7. The van der Waals surface area contributed by atoms with Crippen LogP contribution in [0.15, 0.2) is 23.3 Å². The first kappa shape index (κ1) is 23.9. The molecule has 0 aromatic carbocycles. The Balaban J connectivity index is 0.00000576. The molecule has 0 radical (unpaired) electrons. The van der Waals surface area contributed by atoms with E-state index in [2.05, 4.69) is 41.4 Å². The number of guanidine groups is 1. The molecule has 6 nitrogen and oxygen atoms in total. The third-order valence-corrected chi connectivity index (χ3v) is 3.17. The molecule has 1 rings (SSSR count). The Hall–Kier alpha value is -1.09. The molecule has 1 aromatic rings. The van der Waals surface area contributed by atoms with Crippen LogP contribution in [0.3, 0.4) is 0 Å². The second kappa shape index (κ2) is 15.2. The van der Waals surface area contributed by atoms with Crippen LogP contribution in [0.25, 0.3) is 0 Å². The summed E-state index contributed by atoms with van der Waals surface area (Å²) in [7, 11) is 1.77. The highest BCUT2D eigenvalue weighted by molar-refractivity contribution is 14.0. The number of ether oxygens (including phenoxy) is 2. The minimum Gasteiger partial charge on any atom is -0.477 e. The standard InChI is InChI=1S/C18H32N4O2.HI/c1-5-11-24-17-16(8-6-9-20-17)13-22-18(19-4)21-10-7-12-23-14-15(2)3;/h6,8-9,15H,5,7,10-14H2,1-4H3,(H2,19,21,22);1H. The zero-order chi connectivity index (χ0) is 17.6. The lowest BCUT2D eigenvalue weighted by molar-refractivity contribution is 0.108. The van der Waals surface area contributed by atoms with Crippen molar-refractivity contribution in [2.75, 3.05) is 33.4 Å². The van der Waals surface area contributed by atoms with Crippen molar-refractivity contribution in [2.24, 2.45) is 10.9 Å². The molecule has 0 saturated carbocycles. The molecular weight excluding hydrogens is 431 g/mol. The number of pyridine rings is 1. The van der Waals surface area contributed by atoms with E-state index in [1.165, 1.54) is 0 Å². The number of hydrogen-bond donors (Lipinski definition) is 2. The maximum absolute atomic E-state index is 5.67. The number of halogens is 1. The lowest BCUT2D eigenvalue weighted by atomic mass is 10.2. The number of nitrogens with zero attached hydrogens (tertiary/aromatic N) is 2. The van der Waals surface area contributed by atoms with Crippen molar-refractivity contribution in [3.63, 3.8) is 0 Å². The summed E-state index contributed by atoms with van der Waals surface area (Å²) in [5.41, 5.74) is 1.02. The van der Waals surface area contributed by atoms with Crippen molar-refractivity contribution in [3.8, 4) is 5.88 Å². The summed E-state index contributed by atoms with van der Waals surface area (Å²) < 4.78 is 11.2. The smallest absolute Gasteiger partial charge is 0.218 e. The quantitative estimate of drug-likeness (QED) is 0.228. The third-order valence-electron chi connectivity index (χ3n) is 3.17. The van der Waals surface area contributed by atoms with E-state index >= 15 is 0 Å². The van der Waals surface area contributed by atoms with Crippen molar-refractivity contribution in [2.45, 2.75) is 40.2 Å². The average molecular weight is 464 g/mol. The van der Waals surface area contributed by atoms with Crippen LogP contribution < -0.4 is 15.4 Å². The molecule has 25 heavy (non-hydrogen) atoms. The summed E-state index contributed by atoms with van der Waals surface area (Å²) in [6.45, 7) is 10.1. The van der Waals surface area contributed by atoms with E-state index in [4.69, 9.17) is 9.47 Å². The largest absolute Gasteiger partial charge is 0.477 e. The molecule has 0 aliphatic heterocycles. The summed E-state index contributed by atoms with van der Waals surface area (Å²) in [6, 6.07) is 3.93. The van der Waals surface area contributed by atoms with Gasteiger partial charge in [0.25, 0.3) is 0 Å². The van der Waals surface area contributed by atoms with E-state index in [-0.39, 0.29) is 24.0 Å². The molecule has 0 unspecified atom stereocenters. The van der Waals surface area contributed by atoms with Crippen molar-refractivity contribution in [3.05, 3.63) is 23.9 Å². The predicted octanol–water partition coefficient (Wildman–Crippen LogP) is 3.22. The summed E-state index contributed by atoms with van der Waals surface area (Å²) in [5, 5.41) is 6.58. The molecule has 0 aliphatic carbocycles. The lowest BCUT2D eigenvalue weighted by Gasteiger charge is -2.14. The van der Waals surface area contributed by atoms with Gasteiger partial charge < -0.3 is 20.1 Å². The van der Waals surface area contributed by atoms with E-state index in [0.29, 0.717) is 24.9 Å². The third kappa shape index (κ3) is 11.2. The van der Waals surface area contributed by atoms with E-state index in [9.17, 15) is 0 Å². The van der Waals surface area contributed by atoms with Crippen molar-refractivity contribution in [1.29, 1.82) is 0 Å². The number of hydrogen-bond acceptors (Lipinski definition) is 4. The predicted molar refractivity (Wildman–Crippen MR) is 114 cm³/mol. The van der Waals surface area contributed by atoms with Gasteiger partial charge >= 0.3 is 0 Å². The highest BCUT2D eigenvalue weighted by Gasteiger charge is 2.05. The van der Waals surface area contributed by atoms with E-state index in [1.54, 1.807) is 13.2 Å². The minimum atomic E-state index is 0. The molecule has 144 valence electrons. The van der Waals surface area contributed by atoms with Crippen LogP contribution in [0.1, 0.15) is 39.2 Å². The number of aromatic nitrogens is 1. The fourth-order valence-electron chi connectivity index (χ4n) is 1.99. The van der Waals surface area contributed by atoms with E-state index in [1.807, 2.05) is 12.1 Å². The second-order valence-electron chi connectivity index (χ2n) is 5.99. The highest BCUT2D eigenvalue weighted by Crippen LogP contribution is 2.14. The number of aliphatic imine (C=N–C) groups is 1. The van der Waals surface area contributed by atoms with Crippen LogP contribution in [-0.4, -0.2) is 44.4 Å². The molecular formula is C18H33IN4O2. The summed E-state index contributed by atoms with van der Waals surface area (Å²) in [4.78, 5) is 8.52. The van der Waals surface area contributed by atoms with Gasteiger partial charge in [-0.15, -0.1) is 24.0 Å². The molecule has 1 aromatic heterocycles. The molecule has 0 saturated heterocycles. The summed E-state index contributed by atoms with van der Waals surface area (Å²) in [5.74, 6) is 2.03. The molecule has 0 atom stereocenters. The Morgan fingerprint density at radius 2 is 2.08 bits per heavy atom. The minimum absolute atomic E-state index is 0. The zero-order valence-electron chi connectivity index (χ0n) is 15.9. The monoisotopic (exact) mass is 464 g/mol. The molecule has 2 N–H and O–H groups in total. The Labute approximate surface area is 169 Å². The Morgan fingerprint density at radius 1 is 1.28 bits per heavy atom. The zero-order valence-corrected chi connectivity index (χ0v) is 18.2. The Bertz CT molecular complexity index is 484. The van der Waals surface area contributed by atoms with Crippen LogP contribution in [-0.2, 0) is 11.3 Å². The fourth-order valence-corrected chi connectivity index (χ4v) is 1.99. The highest BCUT2D eigenvalue weighted by atomic mass is 127. The van der Waals surface area contributed by atoms with Crippen LogP contribution in [0.4, 0.5) is 0 Å². The van der Waals surface area contributed by atoms with Gasteiger partial charge in [0.1, 0.15) is 0 Å². The van der Waals surface area contributed by atoms with Crippen LogP contribution in [0.5, 0.6) is 5.88 Å². The van der Waals surface area contributed by atoms with Crippen LogP contribution in [0, 0.1) is 5.92 Å². The maximum Gasteiger partial charge on any atom is 0.218 e. The van der Waals surface area contributed by atoms with Gasteiger partial charge in [-0.25, -0.2) is 4.98 Å². The molecule has 0 bridgehead atoms. The molecule has 0 spiro atoms. The van der Waals surface area contributed by atoms with Gasteiger partial charge in [0.05, 0.1) is 6.61 Å². The molecule has 0 aliphatic rings. The first-order valence-electron chi connectivity index (χ1n) is 8.76. The lowest BCUT2D eigenvalue weighted by Crippen LogP contribution is -2.37. The van der Waals surface area contributed by atoms with Gasteiger partial charge in [-0.05, 0) is 24.8 Å². The van der Waals surface area contributed by atoms with Gasteiger partial charge in [0.15, 0.2) is 5.96 Å². The van der Waals surface area contributed by atoms with Crippen molar-refractivity contribution in [1.82, 2.24) is 15.6 Å². The summed E-state index contributed by atoms with van der Waals surface area (Å²) >= 11 is 0. The molecule has 1 heterocycles. The molecule has 7 heteroatoms. The number of nitrogens with one attached hydrogen (secondary N) is 2. The Kier molecular flexibility index (Phi) is 14.5. The van der Waals surface area contributed by atoms with Gasteiger partial charge in [0, 0.05) is 45.1 Å². The van der Waals surface area contributed by atoms with Gasteiger partial charge in [0.2, 0.25) is 5.88 Å². The van der Waals surface area contributed by atoms with Gasteiger partial charge in [-0.3, -0.25) is 4.99 Å². The van der Waals surface area contributed by atoms with E-state index < -0.39 is 0 Å². The van der Waals surface area contributed by atoms with Crippen LogP contribution in [0.2, 0.25) is 0 Å². The number of rotatable bonds is 11. The van der Waals surface area contributed by atoms with Crippen molar-refractivity contribution < 1.29 is 9.47 Å². The SMILES string of the molecule is CCCOc1ncccc1CNC(=NC)NCCCOCC(C)C.I. The normalized spacial score (nSPS) is 11.2. The topological polar surface area (TPSA) is 67.8 Å². The summed E-state index contributed by atoms with van der Waals surface area (Å²) in [6.07, 6.45) is 3.66. The average Bonchev–Trinajstić information content (AvgIpc) is 2.59. The maximum atomic E-state index is 5.67. The first-order valence-corrected chi connectivity index (χ1v) is 8.76. The van der Waals surface area contributed by atoms with Gasteiger partial charge in [-0.2, -0.15) is 0 Å². The van der Waals surface area contributed by atoms with E-state index in [0.717, 1.165) is 44.1 Å². The van der Waals surface area contributed by atoms with Gasteiger partial charge in [-0.1, -0.05) is 26.8 Å². The fraction of sp³-hybridized carbons (Fsp3) is 0.667. The Morgan fingerprint density at radius 3 is 2.76 bits per heavy atom. The molecule has 0 amide bonds. The second-order valence-corrected chi connectivity index (χ2v) is 5.99. The van der Waals surface area contributed by atoms with Crippen molar-refractivity contribution >= 4 is 29.9 Å². The molecule has 0 fully saturated rings.